The third-order valence-electron chi connectivity index (χ3n) is 4.38. The quantitative estimate of drug-likeness (QED) is 0.613. The number of nitrogens with zero attached hydrogens (tertiary/aromatic N) is 3. The molecule has 28 heavy (non-hydrogen) atoms. The van der Waals surface area contributed by atoms with Crippen molar-refractivity contribution in [3.8, 4) is 10.8 Å². The van der Waals surface area contributed by atoms with Gasteiger partial charge in [0.15, 0.2) is 10.8 Å². The van der Waals surface area contributed by atoms with Gasteiger partial charge in [-0.3, -0.25) is 9.89 Å². The van der Waals surface area contributed by atoms with E-state index in [0.717, 1.165) is 48.2 Å². The summed E-state index contributed by atoms with van der Waals surface area (Å²) in [4.78, 5) is 20.9. The van der Waals surface area contributed by atoms with Crippen molar-refractivity contribution in [2.45, 2.75) is 30.3 Å². The molecule has 3 aromatic rings. The van der Waals surface area contributed by atoms with Crippen LogP contribution in [-0.2, 0) is 21.7 Å². The third kappa shape index (κ3) is 5.18. The smallest absolute Gasteiger partial charge is 0.230 e. The number of hydrogen-bond donors (Lipinski definition) is 2. The zero-order chi connectivity index (χ0) is 19.2. The number of hydrogen-bond acceptors (Lipinski definition) is 7. The molecule has 0 spiro atoms. The molecule has 0 radical (unpaired) electrons. The van der Waals surface area contributed by atoms with Crippen molar-refractivity contribution in [2.75, 3.05) is 18.5 Å². The van der Waals surface area contributed by atoms with Crippen molar-refractivity contribution < 1.29 is 9.53 Å². The molecule has 2 N–H and O–H groups in total. The van der Waals surface area contributed by atoms with E-state index in [2.05, 4.69) is 31.5 Å². The van der Waals surface area contributed by atoms with Crippen LogP contribution in [-0.4, -0.2) is 44.5 Å². The third-order valence-corrected chi connectivity index (χ3v) is 6.72. The van der Waals surface area contributed by atoms with Gasteiger partial charge in [0, 0.05) is 35.3 Å². The van der Waals surface area contributed by atoms with Crippen LogP contribution in [0.3, 0.4) is 0 Å². The lowest BCUT2D eigenvalue weighted by molar-refractivity contribution is -0.115. The highest BCUT2D eigenvalue weighted by Crippen LogP contribution is 2.26. The summed E-state index contributed by atoms with van der Waals surface area (Å²) in [7, 11) is 0. The molecule has 0 saturated carbocycles. The van der Waals surface area contributed by atoms with E-state index in [0.29, 0.717) is 11.1 Å². The van der Waals surface area contributed by atoms with E-state index < -0.39 is 0 Å². The number of benzene rings is 1. The van der Waals surface area contributed by atoms with E-state index >= 15 is 0 Å². The van der Waals surface area contributed by atoms with E-state index in [1.54, 1.807) is 0 Å². The SMILES string of the molecule is O=C(Cc1csc(-c2ncn[nH]2)n1)Nc1cccc(CSC2CCOCC2)c1. The highest BCUT2D eigenvalue weighted by atomic mass is 32.2. The largest absolute Gasteiger partial charge is 0.381 e. The lowest BCUT2D eigenvalue weighted by atomic mass is 10.2. The Hall–Kier alpha value is -2.23. The number of ether oxygens (including phenoxy) is 1. The molecular weight excluding hydrogens is 394 g/mol. The summed E-state index contributed by atoms with van der Waals surface area (Å²) >= 11 is 3.41. The Kier molecular flexibility index (Phi) is 6.35. The van der Waals surface area contributed by atoms with Gasteiger partial charge in [0.2, 0.25) is 5.91 Å². The minimum Gasteiger partial charge on any atom is -0.381 e. The normalized spacial score (nSPS) is 14.9. The molecule has 4 rings (SSSR count). The number of aromatic nitrogens is 4. The fourth-order valence-corrected chi connectivity index (χ4v) is 4.87. The van der Waals surface area contributed by atoms with Crippen molar-refractivity contribution in [3.63, 3.8) is 0 Å². The Morgan fingerprint density at radius 2 is 2.25 bits per heavy atom. The minimum atomic E-state index is -0.0800. The van der Waals surface area contributed by atoms with Gasteiger partial charge in [0.25, 0.3) is 0 Å². The van der Waals surface area contributed by atoms with Crippen molar-refractivity contribution >= 4 is 34.7 Å². The van der Waals surface area contributed by atoms with Gasteiger partial charge >= 0.3 is 0 Å². The van der Waals surface area contributed by atoms with Crippen LogP contribution in [0.4, 0.5) is 5.69 Å². The van der Waals surface area contributed by atoms with Gasteiger partial charge in [0.05, 0.1) is 12.1 Å². The number of aromatic amines is 1. The van der Waals surface area contributed by atoms with E-state index in [4.69, 9.17) is 4.74 Å². The Morgan fingerprint density at radius 1 is 1.36 bits per heavy atom. The monoisotopic (exact) mass is 415 g/mol. The summed E-state index contributed by atoms with van der Waals surface area (Å²) in [5, 5.41) is 12.8. The fraction of sp³-hybridized carbons (Fsp3) is 0.368. The minimum absolute atomic E-state index is 0.0800. The number of thioether (sulfide) groups is 1. The molecule has 0 atom stereocenters. The zero-order valence-electron chi connectivity index (χ0n) is 15.3. The number of nitrogens with one attached hydrogen (secondary N) is 2. The van der Waals surface area contributed by atoms with Gasteiger partial charge in [0.1, 0.15) is 6.33 Å². The van der Waals surface area contributed by atoms with Crippen LogP contribution in [0.15, 0.2) is 36.0 Å². The highest BCUT2D eigenvalue weighted by molar-refractivity contribution is 7.99. The maximum Gasteiger partial charge on any atom is 0.230 e. The maximum atomic E-state index is 12.4. The van der Waals surface area contributed by atoms with Crippen LogP contribution in [0, 0.1) is 0 Å². The molecule has 2 aromatic heterocycles. The lowest BCUT2D eigenvalue weighted by Crippen LogP contribution is -2.17. The summed E-state index contributed by atoms with van der Waals surface area (Å²) in [5.74, 6) is 1.48. The zero-order valence-corrected chi connectivity index (χ0v) is 16.9. The Balaban J connectivity index is 1.30. The average molecular weight is 416 g/mol. The van der Waals surface area contributed by atoms with Crippen LogP contribution in [0.5, 0.6) is 0 Å². The molecule has 0 aliphatic carbocycles. The van der Waals surface area contributed by atoms with Gasteiger partial charge < -0.3 is 10.1 Å². The number of H-pyrrole nitrogens is 1. The Morgan fingerprint density at radius 3 is 3.07 bits per heavy atom. The van der Waals surface area contributed by atoms with Crippen molar-refractivity contribution in [3.05, 3.63) is 47.2 Å². The molecule has 9 heteroatoms. The summed E-state index contributed by atoms with van der Waals surface area (Å²) in [6.45, 7) is 1.73. The number of rotatable bonds is 7. The molecule has 146 valence electrons. The second kappa shape index (κ2) is 9.31. The van der Waals surface area contributed by atoms with E-state index in [1.807, 2.05) is 35.3 Å². The molecule has 1 fully saturated rings. The van der Waals surface area contributed by atoms with Gasteiger partial charge in [-0.2, -0.15) is 16.9 Å². The number of carbonyl (C=O) groups excluding carboxylic acids is 1. The first-order valence-electron chi connectivity index (χ1n) is 9.14. The van der Waals surface area contributed by atoms with Crippen LogP contribution in [0.1, 0.15) is 24.1 Å². The molecule has 1 amide bonds. The summed E-state index contributed by atoms with van der Waals surface area (Å²) in [5.41, 5.74) is 2.76. The molecule has 1 saturated heterocycles. The summed E-state index contributed by atoms with van der Waals surface area (Å²) < 4.78 is 5.41. The molecule has 1 aromatic carbocycles. The molecule has 1 aliphatic heterocycles. The van der Waals surface area contributed by atoms with Gasteiger partial charge in [-0.25, -0.2) is 9.97 Å². The summed E-state index contributed by atoms with van der Waals surface area (Å²) in [6.07, 6.45) is 3.90. The predicted molar refractivity (Wildman–Crippen MR) is 111 cm³/mol. The second-order valence-corrected chi connectivity index (χ2v) is 8.67. The van der Waals surface area contributed by atoms with Gasteiger partial charge in [-0.05, 0) is 30.5 Å². The van der Waals surface area contributed by atoms with Crippen molar-refractivity contribution in [2.24, 2.45) is 0 Å². The first-order chi connectivity index (χ1) is 13.8. The van der Waals surface area contributed by atoms with Gasteiger partial charge in [-0.15, -0.1) is 11.3 Å². The second-order valence-electron chi connectivity index (χ2n) is 6.53. The lowest BCUT2D eigenvalue weighted by Gasteiger charge is -2.21. The standard InChI is InChI=1S/C19H21N5O2S2/c25-17(9-15-11-28-19(23-15)18-20-12-21-24-18)22-14-3-1-2-13(8-14)10-27-16-4-6-26-7-5-16/h1-3,8,11-12,16H,4-7,9-10H2,(H,22,25)(H,20,21,24). The highest BCUT2D eigenvalue weighted by Gasteiger charge is 2.14. The maximum absolute atomic E-state index is 12.4. The van der Waals surface area contributed by atoms with E-state index in [9.17, 15) is 4.79 Å². The molecular formula is C19H21N5O2S2. The van der Waals surface area contributed by atoms with Crippen LogP contribution < -0.4 is 5.32 Å². The number of amides is 1. The number of carbonyl (C=O) groups is 1. The molecule has 3 heterocycles. The molecule has 0 unspecified atom stereocenters. The Labute approximate surface area is 171 Å². The van der Waals surface area contributed by atoms with Gasteiger partial charge in [-0.1, -0.05) is 12.1 Å². The fourth-order valence-electron chi connectivity index (χ4n) is 2.97. The topological polar surface area (TPSA) is 92.8 Å². The number of thiazole rings is 1. The molecule has 7 nitrogen and oxygen atoms in total. The van der Waals surface area contributed by atoms with Crippen molar-refractivity contribution in [1.29, 1.82) is 0 Å². The predicted octanol–water partition coefficient (Wildman–Crippen LogP) is 3.52. The molecule has 1 aliphatic rings. The van der Waals surface area contributed by atoms with Crippen molar-refractivity contribution in [1.82, 2.24) is 20.2 Å². The molecule has 0 bridgehead atoms. The summed E-state index contributed by atoms with van der Waals surface area (Å²) in [6, 6.07) is 8.05. The first kappa shape index (κ1) is 19.1. The van der Waals surface area contributed by atoms with E-state index in [-0.39, 0.29) is 12.3 Å². The first-order valence-corrected chi connectivity index (χ1v) is 11.1. The van der Waals surface area contributed by atoms with Crippen LogP contribution >= 0.6 is 23.1 Å². The number of anilines is 1. The van der Waals surface area contributed by atoms with E-state index in [1.165, 1.54) is 23.2 Å². The van der Waals surface area contributed by atoms with Crippen LogP contribution in [0.25, 0.3) is 10.8 Å². The average Bonchev–Trinajstić information content (AvgIpc) is 3.39. The van der Waals surface area contributed by atoms with Crippen LogP contribution in [0.2, 0.25) is 0 Å². The Bertz CT molecular complexity index is 907.